The first-order chi connectivity index (χ1) is 16.5. The normalized spacial score (nSPS) is 14.1. The van der Waals surface area contributed by atoms with Crippen LogP contribution in [0.5, 0.6) is 0 Å². The summed E-state index contributed by atoms with van der Waals surface area (Å²) in [6.45, 7) is 4.41. The summed E-state index contributed by atoms with van der Waals surface area (Å²) in [4.78, 5) is 39.5. The predicted octanol–water partition coefficient (Wildman–Crippen LogP) is 3.33. The maximum Gasteiger partial charge on any atom is 0.247 e. The van der Waals surface area contributed by atoms with Crippen LogP contribution >= 0.6 is 11.3 Å². The lowest BCUT2D eigenvalue weighted by Gasteiger charge is -2.19. The second-order valence-corrected chi connectivity index (χ2v) is 9.63. The molecule has 0 fully saturated rings. The van der Waals surface area contributed by atoms with Crippen LogP contribution in [0.1, 0.15) is 35.4 Å². The number of hydrogen-bond donors (Lipinski definition) is 2. The summed E-state index contributed by atoms with van der Waals surface area (Å²) in [5, 5.41) is 7.36. The molecule has 0 saturated heterocycles. The van der Waals surface area contributed by atoms with Gasteiger partial charge in [-0.3, -0.25) is 9.59 Å². The third-order valence-corrected chi connectivity index (χ3v) is 6.95. The zero-order valence-electron chi connectivity index (χ0n) is 19.7. The lowest BCUT2D eigenvalue weighted by atomic mass is 10.0. The van der Waals surface area contributed by atoms with Crippen molar-refractivity contribution in [3.05, 3.63) is 64.8 Å². The molecule has 1 atom stereocenters. The lowest BCUT2D eigenvalue weighted by molar-refractivity contribution is -0.127. The van der Waals surface area contributed by atoms with Gasteiger partial charge >= 0.3 is 0 Å². The summed E-state index contributed by atoms with van der Waals surface area (Å²) in [6.07, 6.45) is 5.16. The minimum Gasteiger partial charge on any atom is -0.363 e. The number of carbonyl (C=O) groups excluding carboxylic acids is 2. The first-order valence-corrected chi connectivity index (χ1v) is 12.2. The molecule has 1 aliphatic heterocycles. The van der Waals surface area contributed by atoms with Gasteiger partial charge in [-0.25, -0.2) is 9.97 Å². The molecule has 178 valence electrons. The Kier molecular flexibility index (Phi) is 7.54. The Morgan fingerprint density at radius 2 is 1.97 bits per heavy atom. The molecular formula is C25H30N6O2S. The van der Waals surface area contributed by atoms with Crippen molar-refractivity contribution in [2.24, 2.45) is 0 Å². The van der Waals surface area contributed by atoms with Gasteiger partial charge < -0.3 is 20.4 Å². The van der Waals surface area contributed by atoms with Gasteiger partial charge in [-0.15, -0.1) is 11.3 Å². The molecule has 3 heterocycles. The van der Waals surface area contributed by atoms with Crippen LogP contribution in [-0.2, 0) is 22.7 Å². The fourth-order valence-corrected chi connectivity index (χ4v) is 5.17. The quantitative estimate of drug-likeness (QED) is 0.459. The Bertz CT molecular complexity index is 1190. The van der Waals surface area contributed by atoms with Crippen LogP contribution < -0.4 is 10.6 Å². The van der Waals surface area contributed by atoms with Crippen LogP contribution in [0, 0.1) is 0 Å². The van der Waals surface area contributed by atoms with E-state index in [1.165, 1.54) is 17.7 Å². The van der Waals surface area contributed by atoms with E-state index >= 15 is 0 Å². The van der Waals surface area contributed by atoms with Gasteiger partial charge in [0.15, 0.2) is 0 Å². The third-order valence-electron chi connectivity index (χ3n) is 5.82. The van der Waals surface area contributed by atoms with Crippen molar-refractivity contribution in [2.45, 2.75) is 32.5 Å². The summed E-state index contributed by atoms with van der Waals surface area (Å²) in [6, 6.07) is 10.4. The molecule has 3 aromatic rings. The van der Waals surface area contributed by atoms with Crippen molar-refractivity contribution in [3.63, 3.8) is 0 Å². The lowest BCUT2D eigenvalue weighted by Crippen LogP contribution is -2.30. The van der Waals surface area contributed by atoms with E-state index < -0.39 is 0 Å². The Labute approximate surface area is 203 Å². The van der Waals surface area contributed by atoms with E-state index in [1.807, 2.05) is 37.2 Å². The minimum atomic E-state index is -0.263. The van der Waals surface area contributed by atoms with Crippen molar-refractivity contribution in [1.82, 2.24) is 25.1 Å². The van der Waals surface area contributed by atoms with Crippen molar-refractivity contribution in [2.75, 3.05) is 32.5 Å². The van der Waals surface area contributed by atoms with Gasteiger partial charge in [0, 0.05) is 42.2 Å². The van der Waals surface area contributed by atoms with Gasteiger partial charge in [0.2, 0.25) is 11.8 Å². The zero-order valence-corrected chi connectivity index (χ0v) is 20.6. The smallest absolute Gasteiger partial charge is 0.247 e. The van der Waals surface area contributed by atoms with Crippen molar-refractivity contribution in [1.29, 1.82) is 0 Å². The Morgan fingerprint density at radius 3 is 2.71 bits per heavy atom. The molecule has 4 rings (SSSR count). The Morgan fingerprint density at radius 1 is 1.18 bits per heavy atom. The number of hydrogen-bond acceptors (Lipinski definition) is 7. The number of nitrogens with one attached hydrogen (secondary N) is 2. The van der Waals surface area contributed by atoms with Gasteiger partial charge in [0.05, 0.1) is 18.0 Å². The standard InChI is InChI=1S/C25H30N6O2S/c1-4-19(17-8-6-5-7-9-17)29-24-23-18-14-31(15-20(18)34-25(23)28-16-27-24)22(33)11-10-21(32)26-12-13-30(2)3/h5-11,16,19H,4,12-15H2,1-3H3,(H,26,32)(H,27,28,29)/b11-10+/t19-/m1/s1. The van der Waals surface area contributed by atoms with E-state index in [4.69, 9.17) is 0 Å². The highest BCUT2D eigenvalue weighted by Crippen LogP contribution is 2.40. The fourth-order valence-electron chi connectivity index (χ4n) is 4.00. The molecular weight excluding hydrogens is 448 g/mol. The molecule has 8 nitrogen and oxygen atoms in total. The second-order valence-electron chi connectivity index (χ2n) is 8.54. The SMILES string of the molecule is CC[C@@H](Nc1ncnc2sc3c(c12)CN(C(=O)/C=C/C(=O)NCCN(C)C)C3)c1ccccc1. The van der Waals surface area contributed by atoms with Gasteiger partial charge in [0.25, 0.3) is 0 Å². The van der Waals surface area contributed by atoms with E-state index in [2.05, 4.69) is 39.7 Å². The summed E-state index contributed by atoms with van der Waals surface area (Å²) < 4.78 is 0. The van der Waals surface area contributed by atoms with Gasteiger partial charge in [0.1, 0.15) is 17.0 Å². The summed E-state index contributed by atoms with van der Waals surface area (Å²) in [7, 11) is 3.88. The van der Waals surface area contributed by atoms with E-state index in [0.29, 0.717) is 19.6 Å². The van der Waals surface area contributed by atoms with E-state index in [-0.39, 0.29) is 17.9 Å². The Hall–Kier alpha value is -3.30. The number of anilines is 1. The molecule has 1 aromatic carbocycles. The fraction of sp³-hybridized carbons (Fsp3) is 0.360. The zero-order chi connectivity index (χ0) is 24.1. The van der Waals surface area contributed by atoms with Crippen molar-refractivity contribution >= 4 is 39.2 Å². The molecule has 2 amide bonds. The van der Waals surface area contributed by atoms with Crippen molar-refractivity contribution < 1.29 is 9.59 Å². The molecule has 0 saturated carbocycles. The molecule has 0 spiro atoms. The van der Waals surface area contributed by atoms with Gasteiger partial charge in [-0.2, -0.15) is 0 Å². The third kappa shape index (κ3) is 5.43. The van der Waals surface area contributed by atoms with E-state index in [0.717, 1.165) is 39.4 Å². The van der Waals surface area contributed by atoms with Crippen LogP contribution in [0.25, 0.3) is 10.2 Å². The number of carbonyl (C=O) groups is 2. The number of likely N-dealkylation sites (N-methyl/N-ethyl adjacent to an activating group) is 1. The van der Waals surface area contributed by atoms with Crippen LogP contribution in [0.4, 0.5) is 5.82 Å². The predicted molar refractivity (Wildman–Crippen MR) is 135 cm³/mol. The molecule has 0 radical (unpaired) electrons. The number of amides is 2. The average Bonchev–Trinajstić information content (AvgIpc) is 3.39. The average molecular weight is 479 g/mol. The van der Waals surface area contributed by atoms with Crippen LogP contribution in [-0.4, -0.2) is 58.8 Å². The summed E-state index contributed by atoms with van der Waals surface area (Å²) >= 11 is 1.60. The van der Waals surface area contributed by atoms with Crippen molar-refractivity contribution in [3.8, 4) is 0 Å². The van der Waals surface area contributed by atoms with Crippen LogP contribution in [0.15, 0.2) is 48.8 Å². The van der Waals surface area contributed by atoms with Crippen LogP contribution in [0.2, 0.25) is 0 Å². The molecule has 9 heteroatoms. The van der Waals surface area contributed by atoms with E-state index in [9.17, 15) is 9.59 Å². The minimum absolute atomic E-state index is 0.128. The second kappa shape index (κ2) is 10.8. The number of aromatic nitrogens is 2. The molecule has 0 bridgehead atoms. The first kappa shape index (κ1) is 23.8. The topological polar surface area (TPSA) is 90.5 Å². The monoisotopic (exact) mass is 478 g/mol. The highest BCUT2D eigenvalue weighted by molar-refractivity contribution is 7.19. The number of nitrogens with zero attached hydrogens (tertiary/aromatic N) is 4. The highest BCUT2D eigenvalue weighted by Gasteiger charge is 2.29. The molecule has 34 heavy (non-hydrogen) atoms. The summed E-state index contributed by atoms with van der Waals surface area (Å²) in [5.74, 6) is 0.353. The molecule has 2 N–H and O–H groups in total. The number of benzene rings is 1. The van der Waals surface area contributed by atoms with Gasteiger partial charge in [-0.1, -0.05) is 37.3 Å². The molecule has 1 aliphatic rings. The molecule has 0 unspecified atom stereocenters. The van der Waals surface area contributed by atoms with E-state index in [1.54, 1.807) is 22.6 Å². The maximum absolute atomic E-state index is 12.7. The molecule has 0 aliphatic carbocycles. The summed E-state index contributed by atoms with van der Waals surface area (Å²) in [5.41, 5.74) is 2.29. The first-order valence-electron chi connectivity index (χ1n) is 11.4. The Balaban J connectivity index is 1.47. The largest absolute Gasteiger partial charge is 0.363 e. The maximum atomic E-state index is 12.7. The highest BCUT2D eigenvalue weighted by atomic mass is 32.1. The van der Waals surface area contributed by atoms with Gasteiger partial charge in [-0.05, 0) is 26.1 Å². The number of thiophene rings is 1. The number of rotatable bonds is 9. The number of fused-ring (bicyclic) bond motifs is 3. The molecule has 2 aromatic heterocycles. The van der Waals surface area contributed by atoms with Crippen LogP contribution in [0.3, 0.4) is 0 Å².